The first-order valence-corrected chi connectivity index (χ1v) is 9.04. The van der Waals surface area contributed by atoms with Crippen LogP contribution in [-0.4, -0.2) is 40.4 Å². The Labute approximate surface area is 163 Å². The summed E-state index contributed by atoms with van der Waals surface area (Å²) in [5.41, 5.74) is 1.16. The quantitative estimate of drug-likeness (QED) is 0.452. The maximum atomic E-state index is 12.5. The molecule has 29 heavy (non-hydrogen) atoms. The van der Waals surface area contributed by atoms with E-state index in [1.54, 1.807) is 29.2 Å². The number of fused-ring (bicyclic) bond motifs is 1. The summed E-state index contributed by atoms with van der Waals surface area (Å²) in [6.45, 7) is 2.59. The van der Waals surface area contributed by atoms with Gasteiger partial charge >= 0.3 is 11.7 Å². The number of hydrogen-bond donors (Lipinski definition) is 3. The van der Waals surface area contributed by atoms with Gasteiger partial charge in [0.25, 0.3) is 5.56 Å². The van der Waals surface area contributed by atoms with Gasteiger partial charge in [-0.25, -0.2) is 14.6 Å². The molecule has 0 bridgehead atoms. The summed E-state index contributed by atoms with van der Waals surface area (Å²) in [7, 11) is 0. The van der Waals surface area contributed by atoms with Gasteiger partial charge in [-0.1, -0.05) is 19.1 Å². The Bertz CT molecular complexity index is 1330. The summed E-state index contributed by atoms with van der Waals surface area (Å²) in [6, 6.07) is 6.61. The molecular weight excluding hydrogens is 376 g/mol. The molecule has 0 unspecified atom stereocenters. The number of carboxylic acids is 1. The van der Waals surface area contributed by atoms with E-state index in [0.717, 1.165) is 10.1 Å². The maximum absolute atomic E-state index is 12.5. The van der Waals surface area contributed by atoms with Gasteiger partial charge in [-0.3, -0.25) is 19.0 Å². The lowest BCUT2D eigenvalue weighted by molar-refractivity contribution is 0.0696. The molecule has 1 aromatic carbocycles. The Morgan fingerprint density at radius 3 is 2.83 bits per heavy atom. The third kappa shape index (κ3) is 3.47. The molecule has 4 aromatic rings. The van der Waals surface area contributed by atoms with E-state index in [4.69, 9.17) is 5.11 Å². The average molecular weight is 394 g/mol. The number of aromatic amines is 2. The molecule has 0 aliphatic rings. The minimum Gasteiger partial charge on any atom is -0.478 e. The zero-order valence-corrected chi connectivity index (χ0v) is 15.5. The molecule has 0 spiro atoms. The molecule has 10 nitrogen and oxygen atoms in total. The van der Waals surface area contributed by atoms with Crippen molar-refractivity contribution < 1.29 is 9.90 Å². The van der Waals surface area contributed by atoms with Gasteiger partial charge in [-0.15, -0.1) is 0 Å². The lowest BCUT2D eigenvalue weighted by Gasteiger charge is -2.03. The molecule has 0 saturated heterocycles. The molecule has 4 rings (SSSR count). The average Bonchev–Trinajstić information content (AvgIpc) is 3.32. The van der Waals surface area contributed by atoms with E-state index in [1.807, 2.05) is 13.0 Å². The van der Waals surface area contributed by atoms with Crippen LogP contribution in [-0.2, 0) is 13.1 Å². The molecule has 3 heterocycles. The molecule has 0 aliphatic carbocycles. The van der Waals surface area contributed by atoms with E-state index in [1.165, 1.54) is 6.07 Å². The van der Waals surface area contributed by atoms with Crippen LogP contribution < -0.4 is 11.2 Å². The highest BCUT2D eigenvalue weighted by Crippen LogP contribution is 2.17. The number of carboxylic acid groups (broad SMARTS) is 1. The van der Waals surface area contributed by atoms with Gasteiger partial charge in [0.2, 0.25) is 0 Å². The molecule has 0 atom stereocenters. The minimum atomic E-state index is -0.988. The SMILES string of the molecule is CCCn1c(=O)[nH]c2nc(-c3cnn(Cc4cccc(C(=O)O)c4)c3)[nH]c2c1=O. The van der Waals surface area contributed by atoms with Crippen LogP contribution in [0.25, 0.3) is 22.6 Å². The summed E-state index contributed by atoms with van der Waals surface area (Å²) in [4.78, 5) is 45.6. The van der Waals surface area contributed by atoms with Crippen molar-refractivity contribution in [2.45, 2.75) is 26.4 Å². The standard InChI is InChI=1S/C19H18N6O4/c1-2-6-25-17(26)14-16(23-19(25)29)22-15(21-14)13-8-20-24(10-13)9-11-4-3-5-12(7-11)18(27)28/h3-5,7-8,10H,2,6,9H2,1H3,(H,21,22)(H,23,29)(H,27,28). The monoisotopic (exact) mass is 394 g/mol. The normalized spacial score (nSPS) is 11.2. The fraction of sp³-hybridized carbons (Fsp3) is 0.211. The molecular formula is C19H18N6O4. The number of aromatic nitrogens is 6. The minimum absolute atomic E-state index is 0.198. The second-order valence-corrected chi connectivity index (χ2v) is 6.63. The predicted molar refractivity (Wildman–Crippen MR) is 105 cm³/mol. The Balaban J connectivity index is 1.66. The predicted octanol–water partition coefficient (Wildman–Crippen LogP) is 1.43. The van der Waals surface area contributed by atoms with Crippen molar-refractivity contribution in [3.63, 3.8) is 0 Å². The molecule has 3 aromatic heterocycles. The van der Waals surface area contributed by atoms with Crippen molar-refractivity contribution in [3.05, 3.63) is 68.6 Å². The van der Waals surface area contributed by atoms with Crippen molar-refractivity contribution in [1.82, 2.24) is 29.3 Å². The van der Waals surface area contributed by atoms with E-state index in [0.29, 0.717) is 30.9 Å². The summed E-state index contributed by atoms with van der Waals surface area (Å²) >= 11 is 0. The van der Waals surface area contributed by atoms with Crippen LogP contribution in [0, 0.1) is 0 Å². The van der Waals surface area contributed by atoms with Gasteiger partial charge < -0.3 is 10.1 Å². The molecule has 0 amide bonds. The zero-order chi connectivity index (χ0) is 20.5. The van der Waals surface area contributed by atoms with Crippen molar-refractivity contribution in [2.75, 3.05) is 0 Å². The second kappa shape index (κ2) is 7.23. The number of rotatable bonds is 6. The Morgan fingerprint density at radius 1 is 1.24 bits per heavy atom. The van der Waals surface area contributed by atoms with Gasteiger partial charge in [0, 0.05) is 12.7 Å². The smallest absolute Gasteiger partial charge is 0.335 e. The van der Waals surface area contributed by atoms with Crippen LogP contribution in [0.3, 0.4) is 0 Å². The van der Waals surface area contributed by atoms with Crippen LogP contribution in [0.1, 0.15) is 29.3 Å². The van der Waals surface area contributed by atoms with Gasteiger partial charge in [0.15, 0.2) is 5.65 Å². The highest BCUT2D eigenvalue weighted by molar-refractivity contribution is 5.87. The van der Waals surface area contributed by atoms with Gasteiger partial charge in [-0.05, 0) is 24.1 Å². The topological polar surface area (TPSA) is 139 Å². The molecule has 10 heteroatoms. The van der Waals surface area contributed by atoms with Crippen molar-refractivity contribution in [3.8, 4) is 11.4 Å². The first-order valence-electron chi connectivity index (χ1n) is 9.04. The van der Waals surface area contributed by atoms with E-state index in [-0.39, 0.29) is 16.7 Å². The van der Waals surface area contributed by atoms with Crippen LogP contribution >= 0.6 is 0 Å². The molecule has 0 saturated carbocycles. The first kappa shape index (κ1) is 18.4. The van der Waals surface area contributed by atoms with Crippen LogP contribution in [0.5, 0.6) is 0 Å². The molecule has 0 aliphatic heterocycles. The molecule has 0 fully saturated rings. The zero-order valence-electron chi connectivity index (χ0n) is 15.5. The van der Waals surface area contributed by atoms with Crippen molar-refractivity contribution in [1.29, 1.82) is 0 Å². The molecule has 0 radical (unpaired) electrons. The number of nitrogens with one attached hydrogen (secondary N) is 2. The Kier molecular flexibility index (Phi) is 4.59. The highest BCUT2D eigenvalue weighted by atomic mass is 16.4. The van der Waals surface area contributed by atoms with E-state index in [2.05, 4.69) is 20.1 Å². The fourth-order valence-corrected chi connectivity index (χ4v) is 3.14. The lowest BCUT2D eigenvalue weighted by atomic mass is 10.1. The number of aromatic carboxylic acids is 1. The number of benzene rings is 1. The largest absolute Gasteiger partial charge is 0.478 e. The van der Waals surface area contributed by atoms with Crippen LogP contribution in [0.15, 0.2) is 46.2 Å². The third-order valence-corrected chi connectivity index (χ3v) is 4.51. The fourth-order valence-electron chi connectivity index (χ4n) is 3.14. The maximum Gasteiger partial charge on any atom is 0.335 e. The lowest BCUT2D eigenvalue weighted by Crippen LogP contribution is -2.34. The van der Waals surface area contributed by atoms with Crippen LogP contribution in [0.2, 0.25) is 0 Å². The summed E-state index contributed by atoms with van der Waals surface area (Å²) in [5, 5.41) is 13.4. The Hall–Kier alpha value is -3.95. The second-order valence-electron chi connectivity index (χ2n) is 6.63. The van der Waals surface area contributed by atoms with Gasteiger partial charge in [0.05, 0.1) is 23.9 Å². The van der Waals surface area contributed by atoms with Gasteiger partial charge in [0.1, 0.15) is 11.3 Å². The number of hydrogen-bond acceptors (Lipinski definition) is 5. The number of H-pyrrole nitrogens is 2. The number of nitrogens with zero attached hydrogens (tertiary/aromatic N) is 4. The van der Waals surface area contributed by atoms with Crippen molar-refractivity contribution in [2.24, 2.45) is 0 Å². The van der Waals surface area contributed by atoms with Crippen LogP contribution in [0.4, 0.5) is 0 Å². The Morgan fingerprint density at radius 2 is 2.07 bits per heavy atom. The number of imidazole rings is 1. The van der Waals surface area contributed by atoms with E-state index >= 15 is 0 Å². The first-order chi connectivity index (χ1) is 14.0. The van der Waals surface area contributed by atoms with E-state index < -0.39 is 17.2 Å². The van der Waals surface area contributed by atoms with E-state index in [9.17, 15) is 14.4 Å². The summed E-state index contributed by atoms with van der Waals surface area (Å²) in [5.74, 6) is -0.578. The van der Waals surface area contributed by atoms with Gasteiger partial charge in [-0.2, -0.15) is 5.10 Å². The highest BCUT2D eigenvalue weighted by Gasteiger charge is 2.14. The molecule has 148 valence electrons. The third-order valence-electron chi connectivity index (χ3n) is 4.51. The molecule has 3 N–H and O–H groups in total. The number of carbonyl (C=O) groups is 1. The van der Waals surface area contributed by atoms with Crippen molar-refractivity contribution >= 4 is 17.1 Å². The summed E-state index contributed by atoms with van der Waals surface area (Å²) < 4.78 is 2.78. The summed E-state index contributed by atoms with van der Waals surface area (Å²) in [6.07, 6.45) is 3.97.